The summed E-state index contributed by atoms with van der Waals surface area (Å²) in [5.41, 5.74) is 8.04. The molecule has 1 aliphatic rings. The van der Waals surface area contributed by atoms with E-state index in [0.29, 0.717) is 18.9 Å². The van der Waals surface area contributed by atoms with Crippen LogP contribution in [0.3, 0.4) is 0 Å². The van der Waals surface area contributed by atoms with Crippen LogP contribution >= 0.6 is 0 Å². The molecule has 2 rings (SSSR count). The van der Waals surface area contributed by atoms with Crippen LogP contribution in [0.1, 0.15) is 53.9 Å². The summed E-state index contributed by atoms with van der Waals surface area (Å²) in [6.07, 6.45) is 5.18. The Bertz CT molecular complexity index is 427. The largest absolute Gasteiger partial charge is 0.385 e. The van der Waals surface area contributed by atoms with Crippen LogP contribution in [-0.4, -0.2) is 25.5 Å². The van der Waals surface area contributed by atoms with Gasteiger partial charge >= 0.3 is 0 Å². The number of carbonyl (C=O) groups is 1. The first-order valence-corrected chi connectivity index (χ1v) is 7.11. The van der Waals surface area contributed by atoms with Crippen LogP contribution in [0.15, 0.2) is 24.3 Å². The van der Waals surface area contributed by atoms with E-state index >= 15 is 0 Å². The van der Waals surface area contributed by atoms with E-state index in [4.69, 9.17) is 10.5 Å². The van der Waals surface area contributed by atoms with Gasteiger partial charge in [-0.2, -0.15) is 0 Å². The predicted octanol–water partition coefficient (Wildman–Crippen LogP) is 2.89. The SMILES string of the molecule is COCCCC(N)C(=O)c1ccccc1C1CCC1. The number of ketones is 1. The maximum Gasteiger partial charge on any atom is 0.179 e. The molecular weight excluding hydrogens is 238 g/mol. The molecule has 1 aromatic rings. The molecule has 104 valence electrons. The first-order valence-electron chi connectivity index (χ1n) is 7.11. The number of benzene rings is 1. The lowest BCUT2D eigenvalue weighted by Gasteiger charge is -2.28. The van der Waals surface area contributed by atoms with Crippen LogP contribution in [0, 0.1) is 0 Å². The van der Waals surface area contributed by atoms with Crippen molar-refractivity contribution in [3.63, 3.8) is 0 Å². The molecule has 1 unspecified atom stereocenters. The van der Waals surface area contributed by atoms with Gasteiger partial charge in [-0.25, -0.2) is 0 Å². The van der Waals surface area contributed by atoms with Crippen molar-refractivity contribution in [2.75, 3.05) is 13.7 Å². The molecule has 0 bridgehead atoms. The highest BCUT2D eigenvalue weighted by atomic mass is 16.5. The minimum absolute atomic E-state index is 0.0820. The molecule has 0 aromatic heterocycles. The zero-order chi connectivity index (χ0) is 13.7. The van der Waals surface area contributed by atoms with Crippen molar-refractivity contribution in [1.29, 1.82) is 0 Å². The van der Waals surface area contributed by atoms with Gasteiger partial charge in [-0.05, 0) is 37.2 Å². The Morgan fingerprint density at radius 2 is 2.16 bits per heavy atom. The Kier molecular flexibility index (Phi) is 5.11. The molecule has 0 heterocycles. The average molecular weight is 261 g/mol. The molecule has 1 atom stereocenters. The summed E-state index contributed by atoms with van der Waals surface area (Å²) in [5, 5.41) is 0. The van der Waals surface area contributed by atoms with Crippen molar-refractivity contribution in [3.05, 3.63) is 35.4 Å². The summed E-state index contributed by atoms with van der Waals surface area (Å²) in [5.74, 6) is 0.643. The normalized spacial score (nSPS) is 16.9. The van der Waals surface area contributed by atoms with Crippen molar-refractivity contribution in [2.24, 2.45) is 5.73 Å². The lowest BCUT2D eigenvalue weighted by atomic mass is 9.77. The Balaban J connectivity index is 2.05. The first-order chi connectivity index (χ1) is 9.24. The number of hydrogen-bond acceptors (Lipinski definition) is 3. The number of Topliss-reactive ketones (excluding diaryl/α,β-unsaturated/α-hetero) is 1. The smallest absolute Gasteiger partial charge is 0.179 e. The number of ether oxygens (including phenoxy) is 1. The number of nitrogens with two attached hydrogens (primary N) is 1. The lowest BCUT2D eigenvalue weighted by molar-refractivity contribution is 0.0948. The number of methoxy groups -OCH3 is 1. The van der Waals surface area contributed by atoms with Gasteiger partial charge in [0.1, 0.15) is 0 Å². The molecule has 0 saturated heterocycles. The zero-order valence-corrected chi connectivity index (χ0v) is 11.6. The quantitative estimate of drug-likeness (QED) is 0.606. The molecule has 1 aromatic carbocycles. The van der Waals surface area contributed by atoms with Gasteiger partial charge in [0.15, 0.2) is 5.78 Å². The molecule has 3 heteroatoms. The molecule has 19 heavy (non-hydrogen) atoms. The monoisotopic (exact) mass is 261 g/mol. The van der Waals surface area contributed by atoms with Crippen molar-refractivity contribution in [3.8, 4) is 0 Å². The van der Waals surface area contributed by atoms with E-state index in [1.807, 2.05) is 18.2 Å². The summed E-state index contributed by atoms with van der Waals surface area (Å²) in [6, 6.07) is 7.54. The van der Waals surface area contributed by atoms with E-state index in [1.165, 1.54) is 24.8 Å². The van der Waals surface area contributed by atoms with Crippen LogP contribution in [0.2, 0.25) is 0 Å². The average Bonchev–Trinajstić information content (AvgIpc) is 2.37. The van der Waals surface area contributed by atoms with Crippen molar-refractivity contribution < 1.29 is 9.53 Å². The summed E-state index contributed by atoms with van der Waals surface area (Å²) in [4.78, 5) is 12.4. The van der Waals surface area contributed by atoms with Gasteiger partial charge in [-0.15, -0.1) is 0 Å². The molecule has 3 nitrogen and oxygen atoms in total. The van der Waals surface area contributed by atoms with Crippen LogP contribution < -0.4 is 5.73 Å². The fourth-order valence-electron chi connectivity index (χ4n) is 2.58. The van der Waals surface area contributed by atoms with E-state index in [-0.39, 0.29) is 5.78 Å². The summed E-state index contributed by atoms with van der Waals surface area (Å²) in [6.45, 7) is 0.658. The number of hydrogen-bond donors (Lipinski definition) is 1. The third-order valence-corrected chi connectivity index (χ3v) is 3.97. The van der Waals surface area contributed by atoms with Gasteiger partial charge in [-0.1, -0.05) is 30.7 Å². The van der Waals surface area contributed by atoms with E-state index in [9.17, 15) is 4.79 Å². The molecule has 0 spiro atoms. The summed E-state index contributed by atoms with van der Waals surface area (Å²) >= 11 is 0. The van der Waals surface area contributed by atoms with Gasteiger partial charge < -0.3 is 10.5 Å². The van der Waals surface area contributed by atoms with Crippen LogP contribution in [-0.2, 0) is 4.74 Å². The highest BCUT2D eigenvalue weighted by Crippen LogP contribution is 2.38. The molecule has 2 N–H and O–H groups in total. The Labute approximate surface area is 115 Å². The van der Waals surface area contributed by atoms with E-state index in [1.54, 1.807) is 7.11 Å². The van der Waals surface area contributed by atoms with E-state index in [2.05, 4.69) is 6.07 Å². The second-order valence-electron chi connectivity index (χ2n) is 5.32. The highest BCUT2D eigenvalue weighted by molar-refractivity contribution is 6.01. The van der Waals surface area contributed by atoms with Gasteiger partial charge in [0, 0.05) is 19.3 Å². The van der Waals surface area contributed by atoms with Crippen molar-refractivity contribution >= 4 is 5.78 Å². The summed E-state index contributed by atoms with van der Waals surface area (Å²) in [7, 11) is 1.67. The minimum atomic E-state index is -0.406. The number of carbonyl (C=O) groups excluding carboxylic acids is 1. The standard InChI is InChI=1S/C16H23NO2/c1-19-11-5-10-15(17)16(18)14-9-3-2-8-13(14)12-6-4-7-12/h2-3,8-9,12,15H,4-7,10-11,17H2,1H3. The molecule has 0 radical (unpaired) electrons. The van der Waals surface area contributed by atoms with E-state index in [0.717, 1.165) is 12.0 Å². The topological polar surface area (TPSA) is 52.3 Å². The highest BCUT2D eigenvalue weighted by Gasteiger charge is 2.26. The van der Waals surface area contributed by atoms with Crippen LogP contribution in [0.4, 0.5) is 0 Å². The van der Waals surface area contributed by atoms with Gasteiger partial charge in [-0.3, -0.25) is 4.79 Å². The van der Waals surface area contributed by atoms with Crippen molar-refractivity contribution in [1.82, 2.24) is 0 Å². The fraction of sp³-hybridized carbons (Fsp3) is 0.562. The molecule has 1 aliphatic carbocycles. The molecule has 1 fully saturated rings. The second-order valence-corrected chi connectivity index (χ2v) is 5.32. The third-order valence-electron chi connectivity index (χ3n) is 3.97. The minimum Gasteiger partial charge on any atom is -0.385 e. The maximum absolute atomic E-state index is 12.4. The van der Waals surface area contributed by atoms with Crippen LogP contribution in [0.5, 0.6) is 0 Å². The fourth-order valence-corrected chi connectivity index (χ4v) is 2.58. The summed E-state index contributed by atoms with van der Waals surface area (Å²) < 4.78 is 5.00. The molecular formula is C16H23NO2. The van der Waals surface area contributed by atoms with E-state index < -0.39 is 6.04 Å². The third kappa shape index (κ3) is 3.43. The maximum atomic E-state index is 12.4. The lowest BCUT2D eigenvalue weighted by Crippen LogP contribution is -2.32. The zero-order valence-electron chi connectivity index (χ0n) is 11.6. The van der Waals surface area contributed by atoms with Crippen molar-refractivity contribution in [2.45, 2.75) is 44.1 Å². The number of rotatable bonds is 7. The molecule has 1 saturated carbocycles. The predicted molar refractivity (Wildman–Crippen MR) is 76.4 cm³/mol. The Hall–Kier alpha value is -1.19. The molecule has 0 amide bonds. The Morgan fingerprint density at radius 1 is 1.42 bits per heavy atom. The molecule has 0 aliphatic heterocycles. The first kappa shape index (κ1) is 14.2. The Morgan fingerprint density at radius 3 is 2.79 bits per heavy atom. The van der Waals surface area contributed by atoms with Gasteiger partial charge in [0.05, 0.1) is 6.04 Å². The second kappa shape index (κ2) is 6.83. The van der Waals surface area contributed by atoms with Gasteiger partial charge in [0.2, 0.25) is 0 Å². The van der Waals surface area contributed by atoms with Gasteiger partial charge in [0.25, 0.3) is 0 Å². The van der Waals surface area contributed by atoms with Crippen LogP contribution in [0.25, 0.3) is 0 Å².